The van der Waals surface area contributed by atoms with Crippen LogP contribution in [0.25, 0.3) is 11.0 Å². The third-order valence-electron chi connectivity index (χ3n) is 2.32. The summed E-state index contributed by atoms with van der Waals surface area (Å²) in [5.41, 5.74) is 0.616. The number of benzene rings is 1. The fourth-order valence-corrected chi connectivity index (χ4v) is 1.58. The molecule has 0 saturated heterocycles. The maximum Gasteiger partial charge on any atom is 0.336 e. The monoisotopic (exact) mass is 219 g/mol. The van der Waals surface area contributed by atoms with E-state index in [1.807, 2.05) is 0 Å². The van der Waals surface area contributed by atoms with Crippen molar-refractivity contribution < 1.29 is 14.7 Å². The number of oxime groups is 1. The molecule has 5 nitrogen and oxygen atoms in total. The molecule has 1 aromatic heterocycles. The third-order valence-corrected chi connectivity index (χ3v) is 2.32. The fraction of sp³-hybridized carbons (Fsp3) is 0.0909. The Kier molecular flexibility index (Phi) is 2.36. The molecule has 0 atom stereocenters. The SMILES string of the molecule is Cc1cc(=O)oc2c(/C=N\O)c(O)ccc12. The Morgan fingerprint density at radius 1 is 1.44 bits per heavy atom. The molecule has 0 spiro atoms. The lowest BCUT2D eigenvalue weighted by Gasteiger charge is -2.04. The van der Waals surface area contributed by atoms with Crippen LogP contribution >= 0.6 is 0 Å². The van der Waals surface area contributed by atoms with Crippen LogP contribution in [0.2, 0.25) is 0 Å². The molecule has 0 unspecified atom stereocenters. The van der Waals surface area contributed by atoms with Gasteiger partial charge >= 0.3 is 5.63 Å². The molecule has 82 valence electrons. The number of fused-ring (bicyclic) bond motifs is 1. The van der Waals surface area contributed by atoms with Gasteiger partial charge in [-0.3, -0.25) is 0 Å². The van der Waals surface area contributed by atoms with Gasteiger partial charge in [0, 0.05) is 11.5 Å². The molecule has 0 radical (unpaired) electrons. The summed E-state index contributed by atoms with van der Waals surface area (Å²) in [7, 11) is 0. The molecule has 0 amide bonds. The van der Waals surface area contributed by atoms with Crippen LogP contribution < -0.4 is 5.63 Å². The number of rotatable bonds is 1. The first-order valence-corrected chi connectivity index (χ1v) is 4.57. The van der Waals surface area contributed by atoms with E-state index in [1.54, 1.807) is 13.0 Å². The van der Waals surface area contributed by atoms with Gasteiger partial charge in [0.25, 0.3) is 0 Å². The normalized spacial score (nSPS) is 11.3. The highest BCUT2D eigenvalue weighted by Crippen LogP contribution is 2.26. The highest BCUT2D eigenvalue weighted by Gasteiger charge is 2.10. The van der Waals surface area contributed by atoms with E-state index >= 15 is 0 Å². The second kappa shape index (κ2) is 3.69. The maximum atomic E-state index is 11.2. The maximum absolute atomic E-state index is 11.2. The Balaban J connectivity index is 2.97. The molecule has 0 aliphatic heterocycles. The van der Waals surface area contributed by atoms with Crippen molar-refractivity contribution in [2.75, 3.05) is 0 Å². The van der Waals surface area contributed by atoms with Crippen LogP contribution in [0.5, 0.6) is 5.75 Å². The molecule has 2 N–H and O–H groups in total. The first-order chi connectivity index (χ1) is 7.63. The Morgan fingerprint density at radius 3 is 2.88 bits per heavy atom. The van der Waals surface area contributed by atoms with Crippen LogP contribution in [-0.2, 0) is 0 Å². The van der Waals surface area contributed by atoms with Crippen LogP contribution in [0.4, 0.5) is 0 Å². The van der Waals surface area contributed by atoms with Crippen molar-refractivity contribution in [3.8, 4) is 5.75 Å². The summed E-state index contributed by atoms with van der Waals surface area (Å²) in [4.78, 5) is 11.2. The van der Waals surface area contributed by atoms with E-state index < -0.39 is 5.63 Å². The molecule has 2 rings (SSSR count). The Morgan fingerprint density at radius 2 is 2.19 bits per heavy atom. The van der Waals surface area contributed by atoms with Crippen molar-refractivity contribution in [3.05, 3.63) is 39.7 Å². The number of phenols is 1. The molecule has 1 aromatic carbocycles. The van der Waals surface area contributed by atoms with Crippen molar-refractivity contribution in [1.29, 1.82) is 0 Å². The van der Waals surface area contributed by atoms with Crippen LogP contribution in [0.1, 0.15) is 11.1 Å². The first-order valence-electron chi connectivity index (χ1n) is 4.57. The van der Waals surface area contributed by atoms with Crippen molar-refractivity contribution >= 4 is 17.2 Å². The van der Waals surface area contributed by atoms with E-state index in [2.05, 4.69) is 5.16 Å². The van der Waals surface area contributed by atoms with Crippen molar-refractivity contribution in [2.45, 2.75) is 6.92 Å². The highest BCUT2D eigenvalue weighted by molar-refractivity contribution is 5.99. The van der Waals surface area contributed by atoms with Gasteiger partial charge < -0.3 is 14.7 Å². The van der Waals surface area contributed by atoms with Gasteiger partial charge in [0.2, 0.25) is 0 Å². The fourth-order valence-electron chi connectivity index (χ4n) is 1.58. The van der Waals surface area contributed by atoms with E-state index in [1.165, 1.54) is 12.1 Å². The van der Waals surface area contributed by atoms with Crippen molar-refractivity contribution in [3.63, 3.8) is 0 Å². The molecule has 16 heavy (non-hydrogen) atoms. The number of aromatic hydroxyl groups is 1. The van der Waals surface area contributed by atoms with Gasteiger partial charge in [0.1, 0.15) is 5.75 Å². The van der Waals surface area contributed by atoms with E-state index in [-0.39, 0.29) is 16.9 Å². The largest absolute Gasteiger partial charge is 0.507 e. The molecule has 0 saturated carbocycles. The van der Waals surface area contributed by atoms with E-state index in [0.717, 1.165) is 11.8 Å². The predicted octanol–water partition coefficient (Wildman–Crippen LogP) is 1.62. The molecule has 0 aliphatic carbocycles. The number of hydrogen-bond acceptors (Lipinski definition) is 5. The molecule has 0 bridgehead atoms. The van der Waals surface area contributed by atoms with Crippen LogP contribution in [0.3, 0.4) is 0 Å². The van der Waals surface area contributed by atoms with Gasteiger partial charge in [0.15, 0.2) is 5.58 Å². The molecular weight excluding hydrogens is 210 g/mol. The molecule has 2 aromatic rings. The predicted molar refractivity (Wildman–Crippen MR) is 58.3 cm³/mol. The second-order valence-corrected chi connectivity index (χ2v) is 3.37. The van der Waals surface area contributed by atoms with Gasteiger partial charge in [0.05, 0.1) is 11.8 Å². The Bertz CT molecular complexity index is 628. The van der Waals surface area contributed by atoms with Gasteiger partial charge in [-0.15, -0.1) is 0 Å². The Labute approximate surface area is 90.2 Å². The highest BCUT2D eigenvalue weighted by atomic mass is 16.4. The van der Waals surface area contributed by atoms with Crippen LogP contribution in [0, 0.1) is 6.92 Å². The summed E-state index contributed by atoms with van der Waals surface area (Å²) in [6.45, 7) is 1.76. The van der Waals surface area contributed by atoms with Crippen molar-refractivity contribution in [1.82, 2.24) is 0 Å². The van der Waals surface area contributed by atoms with Crippen LogP contribution in [0.15, 0.2) is 32.6 Å². The summed E-state index contributed by atoms with van der Waals surface area (Å²) in [6.07, 6.45) is 1.03. The summed E-state index contributed by atoms with van der Waals surface area (Å²) in [6, 6.07) is 4.45. The number of phenolic OH excluding ortho intramolecular Hbond substituents is 1. The summed E-state index contributed by atoms with van der Waals surface area (Å²) in [5, 5.41) is 21.6. The quantitative estimate of drug-likeness (QED) is 0.330. The van der Waals surface area contributed by atoms with Crippen LogP contribution in [-0.4, -0.2) is 16.5 Å². The Hall–Kier alpha value is -2.30. The molecule has 5 heteroatoms. The zero-order valence-corrected chi connectivity index (χ0v) is 8.47. The van der Waals surface area contributed by atoms with Gasteiger partial charge in [-0.25, -0.2) is 4.79 Å². The average Bonchev–Trinajstić information content (AvgIpc) is 2.22. The topological polar surface area (TPSA) is 83.0 Å². The lowest BCUT2D eigenvalue weighted by Crippen LogP contribution is -2.00. The number of hydrogen-bond donors (Lipinski definition) is 2. The number of aryl methyl sites for hydroxylation is 1. The van der Waals surface area contributed by atoms with Gasteiger partial charge in [-0.05, 0) is 24.6 Å². The van der Waals surface area contributed by atoms with E-state index in [4.69, 9.17) is 9.62 Å². The minimum Gasteiger partial charge on any atom is -0.507 e. The third kappa shape index (κ3) is 1.52. The summed E-state index contributed by atoms with van der Waals surface area (Å²) in [5.74, 6) is -0.112. The van der Waals surface area contributed by atoms with E-state index in [0.29, 0.717) is 5.39 Å². The minimum atomic E-state index is -0.511. The lowest BCUT2D eigenvalue weighted by atomic mass is 10.1. The molecular formula is C11H9NO4. The smallest absolute Gasteiger partial charge is 0.336 e. The van der Waals surface area contributed by atoms with Gasteiger partial charge in [-0.1, -0.05) is 5.16 Å². The average molecular weight is 219 g/mol. The summed E-state index contributed by atoms with van der Waals surface area (Å²) >= 11 is 0. The molecule has 0 fully saturated rings. The lowest BCUT2D eigenvalue weighted by molar-refractivity contribution is 0.321. The number of nitrogens with zero attached hydrogens (tertiary/aromatic N) is 1. The molecule has 0 aliphatic rings. The van der Waals surface area contributed by atoms with Gasteiger partial charge in [-0.2, -0.15) is 0 Å². The van der Waals surface area contributed by atoms with E-state index in [9.17, 15) is 9.90 Å². The minimum absolute atomic E-state index is 0.112. The first kappa shape index (κ1) is 10.2. The zero-order valence-electron chi connectivity index (χ0n) is 8.47. The summed E-state index contributed by atoms with van der Waals surface area (Å²) < 4.78 is 4.99. The zero-order chi connectivity index (χ0) is 11.7. The van der Waals surface area contributed by atoms with Crippen molar-refractivity contribution in [2.24, 2.45) is 5.16 Å². The standard InChI is InChI=1S/C11H9NO4/c1-6-4-10(14)16-11-7(6)2-3-9(13)8(11)5-12-15/h2-5,13,15H,1H3/b12-5-. The molecule has 1 heterocycles. The second-order valence-electron chi connectivity index (χ2n) is 3.37.